The summed E-state index contributed by atoms with van der Waals surface area (Å²) in [6.07, 6.45) is 0. The molecule has 0 radical (unpaired) electrons. The van der Waals surface area contributed by atoms with Gasteiger partial charge in [-0.05, 0) is 37.1 Å². The summed E-state index contributed by atoms with van der Waals surface area (Å²) in [6, 6.07) is 13.5. The maximum Gasteiger partial charge on any atom is 0.375 e. The van der Waals surface area contributed by atoms with E-state index < -0.39 is 11.8 Å². The minimum Gasteiger partial charge on any atom is -0.475 e. The molecule has 1 N–H and O–H groups in total. The zero-order valence-corrected chi connectivity index (χ0v) is 14.3. The van der Waals surface area contributed by atoms with Gasteiger partial charge in [0, 0.05) is 0 Å². The maximum atomic E-state index is 13.0. The van der Waals surface area contributed by atoms with Gasteiger partial charge in [0.2, 0.25) is 5.65 Å². The number of aryl methyl sites for hydroxylation is 2. The standard InChI is InChI=1S/C19H16N4O3/c1-11-3-6-13(7-4-11)10-22-15-9-12(2)5-8-14(15)23-17(18(22)24)20-16(21-23)19(25)26/h3-9H,10H2,1-2H3,(H,25,26). The largest absolute Gasteiger partial charge is 0.475 e. The number of hydrogen-bond donors (Lipinski definition) is 1. The number of carboxylic acid groups (broad SMARTS) is 1. The highest BCUT2D eigenvalue weighted by Crippen LogP contribution is 2.17. The van der Waals surface area contributed by atoms with Crippen LogP contribution in [-0.4, -0.2) is 30.2 Å². The van der Waals surface area contributed by atoms with E-state index in [0.717, 1.165) is 16.7 Å². The monoisotopic (exact) mass is 348 g/mol. The topological polar surface area (TPSA) is 89.5 Å². The molecule has 0 amide bonds. The van der Waals surface area contributed by atoms with Crippen molar-refractivity contribution in [2.24, 2.45) is 0 Å². The molecule has 0 aliphatic carbocycles. The van der Waals surface area contributed by atoms with Crippen molar-refractivity contribution in [2.75, 3.05) is 0 Å². The first-order chi connectivity index (χ1) is 12.4. The minimum atomic E-state index is -1.27. The van der Waals surface area contributed by atoms with Crippen LogP contribution in [0.1, 0.15) is 27.3 Å². The Morgan fingerprint density at radius 1 is 1.04 bits per heavy atom. The minimum absolute atomic E-state index is 0.00543. The Kier molecular flexibility index (Phi) is 3.57. The van der Waals surface area contributed by atoms with Crippen LogP contribution in [0.2, 0.25) is 0 Å². The molecule has 0 aliphatic rings. The molecule has 0 saturated carbocycles. The second-order valence-electron chi connectivity index (χ2n) is 6.35. The van der Waals surface area contributed by atoms with E-state index in [-0.39, 0.29) is 11.2 Å². The zero-order chi connectivity index (χ0) is 18.4. The van der Waals surface area contributed by atoms with Gasteiger partial charge in [0.1, 0.15) is 0 Å². The highest BCUT2D eigenvalue weighted by atomic mass is 16.4. The first-order valence-electron chi connectivity index (χ1n) is 8.13. The van der Waals surface area contributed by atoms with Crippen LogP contribution in [0.15, 0.2) is 47.3 Å². The number of aromatic nitrogens is 4. The van der Waals surface area contributed by atoms with E-state index in [1.54, 1.807) is 4.57 Å². The first kappa shape index (κ1) is 16.0. The van der Waals surface area contributed by atoms with Gasteiger partial charge >= 0.3 is 5.97 Å². The van der Waals surface area contributed by atoms with Crippen LogP contribution in [0.25, 0.3) is 16.7 Å². The molecule has 26 heavy (non-hydrogen) atoms. The molecule has 2 heterocycles. The molecule has 0 fully saturated rings. The summed E-state index contributed by atoms with van der Waals surface area (Å²) in [5.74, 6) is -1.66. The van der Waals surface area contributed by atoms with Crippen molar-refractivity contribution in [3.8, 4) is 0 Å². The van der Waals surface area contributed by atoms with E-state index in [9.17, 15) is 14.7 Å². The van der Waals surface area contributed by atoms with Gasteiger partial charge in [-0.2, -0.15) is 4.98 Å². The lowest BCUT2D eigenvalue weighted by atomic mass is 10.1. The molecule has 4 aromatic rings. The molecule has 0 aliphatic heterocycles. The predicted molar refractivity (Wildman–Crippen MR) is 96.7 cm³/mol. The molecule has 7 nitrogen and oxygen atoms in total. The zero-order valence-electron chi connectivity index (χ0n) is 14.3. The average Bonchev–Trinajstić information content (AvgIpc) is 3.06. The molecule has 0 unspecified atom stereocenters. The van der Waals surface area contributed by atoms with Crippen molar-refractivity contribution in [3.63, 3.8) is 0 Å². The third kappa shape index (κ3) is 2.54. The van der Waals surface area contributed by atoms with E-state index in [0.29, 0.717) is 17.6 Å². The summed E-state index contributed by atoms with van der Waals surface area (Å²) >= 11 is 0. The molecule has 0 bridgehead atoms. The first-order valence-corrected chi connectivity index (χ1v) is 8.13. The quantitative estimate of drug-likeness (QED) is 0.614. The summed E-state index contributed by atoms with van der Waals surface area (Å²) in [5.41, 5.74) is 4.06. The number of hydrogen-bond acceptors (Lipinski definition) is 4. The maximum absolute atomic E-state index is 13.0. The Morgan fingerprint density at radius 2 is 1.73 bits per heavy atom. The van der Waals surface area contributed by atoms with Crippen LogP contribution < -0.4 is 5.56 Å². The van der Waals surface area contributed by atoms with Crippen molar-refractivity contribution < 1.29 is 9.90 Å². The molecule has 4 rings (SSSR count). The van der Waals surface area contributed by atoms with E-state index in [1.165, 1.54) is 4.52 Å². The van der Waals surface area contributed by atoms with Gasteiger partial charge in [0.15, 0.2) is 0 Å². The van der Waals surface area contributed by atoms with Crippen LogP contribution in [0, 0.1) is 13.8 Å². The van der Waals surface area contributed by atoms with Crippen molar-refractivity contribution in [3.05, 3.63) is 75.3 Å². The number of aromatic carboxylic acids is 1. The van der Waals surface area contributed by atoms with Gasteiger partial charge < -0.3 is 5.11 Å². The number of benzene rings is 2. The molecule has 7 heteroatoms. The van der Waals surface area contributed by atoms with Crippen LogP contribution in [0.3, 0.4) is 0 Å². The number of nitrogens with zero attached hydrogens (tertiary/aromatic N) is 4. The lowest BCUT2D eigenvalue weighted by Crippen LogP contribution is -2.24. The van der Waals surface area contributed by atoms with Crippen molar-refractivity contribution in [1.82, 2.24) is 19.2 Å². The third-order valence-electron chi connectivity index (χ3n) is 4.35. The fourth-order valence-corrected chi connectivity index (χ4v) is 3.00. The fraction of sp³-hybridized carbons (Fsp3) is 0.158. The molecule has 130 valence electrons. The predicted octanol–water partition coefficient (Wildman–Crippen LogP) is 2.41. The summed E-state index contributed by atoms with van der Waals surface area (Å²) in [4.78, 5) is 28.2. The summed E-state index contributed by atoms with van der Waals surface area (Å²) in [6.45, 7) is 4.31. The smallest absolute Gasteiger partial charge is 0.375 e. The Bertz CT molecular complexity index is 1220. The highest BCUT2D eigenvalue weighted by molar-refractivity contribution is 5.85. The SMILES string of the molecule is Cc1ccc(Cn2c(=O)c3nc(C(=O)O)nn3c3ccc(C)cc32)cc1. The van der Waals surface area contributed by atoms with Crippen LogP contribution >= 0.6 is 0 Å². The van der Waals surface area contributed by atoms with Crippen molar-refractivity contribution >= 4 is 22.6 Å². The van der Waals surface area contributed by atoms with Crippen molar-refractivity contribution in [2.45, 2.75) is 20.4 Å². The van der Waals surface area contributed by atoms with Gasteiger partial charge in [0.05, 0.1) is 17.6 Å². The number of rotatable bonds is 3. The van der Waals surface area contributed by atoms with E-state index >= 15 is 0 Å². The second-order valence-corrected chi connectivity index (χ2v) is 6.35. The van der Waals surface area contributed by atoms with Crippen LogP contribution in [0.5, 0.6) is 0 Å². The molecule has 0 spiro atoms. The lowest BCUT2D eigenvalue weighted by Gasteiger charge is -2.12. The highest BCUT2D eigenvalue weighted by Gasteiger charge is 2.18. The molecule has 0 saturated heterocycles. The summed E-state index contributed by atoms with van der Waals surface area (Å²) in [5, 5.41) is 13.2. The van der Waals surface area contributed by atoms with Gasteiger partial charge in [-0.25, -0.2) is 9.31 Å². The Hall–Kier alpha value is -3.48. The summed E-state index contributed by atoms with van der Waals surface area (Å²) in [7, 11) is 0. The molecule has 0 atom stereocenters. The Morgan fingerprint density at radius 3 is 2.42 bits per heavy atom. The molecular weight excluding hydrogens is 332 g/mol. The van der Waals surface area contributed by atoms with Crippen LogP contribution in [0.4, 0.5) is 0 Å². The third-order valence-corrected chi connectivity index (χ3v) is 4.35. The van der Waals surface area contributed by atoms with E-state index in [1.807, 2.05) is 56.3 Å². The van der Waals surface area contributed by atoms with Crippen molar-refractivity contribution in [1.29, 1.82) is 0 Å². The fourth-order valence-electron chi connectivity index (χ4n) is 3.00. The Balaban J connectivity index is 2.04. The van der Waals surface area contributed by atoms with Gasteiger partial charge in [-0.15, -0.1) is 5.10 Å². The summed E-state index contributed by atoms with van der Waals surface area (Å²) < 4.78 is 2.93. The van der Waals surface area contributed by atoms with Gasteiger partial charge in [0.25, 0.3) is 11.4 Å². The Labute approximate surface area is 148 Å². The molecule has 2 aromatic heterocycles. The molecule has 2 aromatic carbocycles. The van der Waals surface area contributed by atoms with Gasteiger partial charge in [-0.1, -0.05) is 35.9 Å². The average molecular weight is 348 g/mol. The second kappa shape index (κ2) is 5.80. The lowest BCUT2D eigenvalue weighted by molar-refractivity contribution is 0.0684. The number of fused-ring (bicyclic) bond motifs is 3. The molecular formula is C19H16N4O3. The van der Waals surface area contributed by atoms with E-state index in [4.69, 9.17) is 0 Å². The number of carboxylic acids is 1. The van der Waals surface area contributed by atoms with Crippen LogP contribution in [-0.2, 0) is 6.54 Å². The van der Waals surface area contributed by atoms with E-state index in [2.05, 4.69) is 10.1 Å². The van der Waals surface area contributed by atoms with Gasteiger partial charge in [-0.3, -0.25) is 9.36 Å². The normalized spacial score (nSPS) is 11.3. The number of carbonyl (C=O) groups is 1.